The summed E-state index contributed by atoms with van der Waals surface area (Å²) in [5.74, 6) is -0.406. The van der Waals surface area contributed by atoms with Gasteiger partial charge >= 0.3 is 5.97 Å². The van der Waals surface area contributed by atoms with E-state index < -0.39 is 5.97 Å². The number of thiazole rings is 1. The van der Waals surface area contributed by atoms with Gasteiger partial charge in [0.05, 0.1) is 6.61 Å². The van der Waals surface area contributed by atoms with Crippen molar-refractivity contribution in [1.29, 1.82) is 0 Å². The molecule has 4 nitrogen and oxygen atoms in total. The second kappa shape index (κ2) is 5.25. The number of hydrogen-bond donors (Lipinski definition) is 0. The van der Waals surface area contributed by atoms with Crippen molar-refractivity contribution in [3.63, 3.8) is 0 Å². The summed E-state index contributed by atoms with van der Waals surface area (Å²) in [5.41, 5.74) is 1.15. The Bertz CT molecular complexity index is 525. The summed E-state index contributed by atoms with van der Waals surface area (Å²) in [7, 11) is 0. The molecular formula is C11H9ClN2O2S. The number of carbonyl (C=O) groups is 1. The molecule has 0 aromatic carbocycles. The van der Waals surface area contributed by atoms with Crippen LogP contribution < -0.4 is 0 Å². The van der Waals surface area contributed by atoms with Crippen LogP contribution in [0.25, 0.3) is 10.6 Å². The highest BCUT2D eigenvalue weighted by molar-refractivity contribution is 7.13. The highest BCUT2D eigenvalue weighted by Crippen LogP contribution is 2.24. The molecule has 2 heterocycles. The summed E-state index contributed by atoms with van der Waals surface area (Å²) in [6, 6.07) is 3.49. The Hall–Kier alpha value is -1.46. The molecule has 0 unspecified atom stereocenters. The predicted octanol–water partition coefficient (Wildman–Crippen LogP) is 3.04. The van der Waals surface area contributed by atoms with Gasteiger partial charge in [0, 0.05) is 17.1 Å². The number of pyridine rings is 1. The van der Waals surface area contributed by atoms with Crippen LogP contribution in [0.1, 0.15) is 17.4 Å². The summed E-state index contributed by atoms with van der Waals surface area (Å²) < 4.78 is 4.86. The Balaban J connectivity index is 2.23. The molecule has 0 atom stereocenters. The normalized spacial score (nSPS) is 10.2. The first-order chi connectivity index (χ1) is 8.20. The van der Waals surface area contributed by atoms with Crippen LogP contribution in [-0.4, -0.2) is 22.5 Å². The van der Waals surface area contributed by atoms with Crippen LogP contribution >= 0.6 is 22.9 Å². The lowest BCUT2D eigenvalue weighted by Crippen LogP contribution is -2.04. The molecule has 0 fully saturated rings. The molecule has 0 N–H and O–H groups in total. The minimum absolute atomic E-state index is 0.321. The zero-order valence-corrected chi connectivity index (χ0v) is 10.6. The van der Waals surface area contributed by atoms with Crippen molar-refractivity contribution in [2.24, 2.45) is 0 Å². The molecule has 88 valence electrons. The first-order valence-electron chi connectivity index (χ1n) is 4.95. The van der Waals surface area contributed by atoms with Gasteiger partial charge in [-0.1, -0.05) is 11.6 Å². The number of aromatic nitrogens is 2. The molecule has 0 aliphatic carbocycles. The quantitative estimate of drug-likeness (QED) is 0.634. The maximum absolute atomic E-state index is 11.4. The van der Waals surface area contributed by atoms with E-state index in [0.717, 1.165) is 10.6 Å². The van der Waals surface area contributed by atoms with Gasteiger partial charge in [0.1, 0.15) is 10.2 Å². The third-order valence-electron chi connectivity index (χ3n) is 1.96. The van der Waals surface area contributed by atoms with Crippen molar-refractivity contribution < 1.29 is 9.53 Å². The van der Waals surface area contributed by atoms with E-state index in [1.807, 2.05) is 6.07 Å². The van der Waals surface area contributed by atoms with Gasteiger partial charge < -0.3 is 4.74 Å². The smallest absolute Gasteiger partial charge is 0.357 e. The van der Waals surface area contributed by atoms with Crippen LogP contribution in [0.5, 0.6) is 0 Å². The summed E-state index contributed by atoms with van der Waals surface area (Å²) in [6.45, 7) is 2.10. The monoisotopic (exact) mass is 268 g/mol. The second-order valence-electron chi connectivity index (χ2n) is 3.13. The van der Waals surface area contributed by atoms with Crippen molar-refractivity contribution in [1.82, 2.24) is 9.97 Å². The molecular weight excluding hydrogens is 260 g/mol. The van der Waals surface area contributed by atoms with E-state index in [-0.39, 0.29) is 0 Å². The molecule has 2 rings (SSSR count). The van der Waals surface area contributed by atoms with Crippen molar-refractivity contribution in [2.75, 3.05) is 6.61 Å². The Morgan fingerprint density at radius 1 is 1.53 bits per heavy atom. The van der Waals surface area contributed by atoms with E-state index in [4.69, 9.17) is 16.3 Å². The van der Waals surface area contributed by atoms with Gasteiger partial charge in [-0.05, 0) is 19.1 Å². The second-order valence-corrected chi connectivity index (χ2v) is 4.37. The number of carbonyl (C=O) groups excluding carboxylic acids is 1. The average Bonchev–Trinajstić information content (AvgIpc) is 2.80. The van der Waals surface area contributed by atoms with Crippen molar-refractivity contribution in [3.05, 3.63) is 34.6 Å². The first kappa shape index (κ1) is 12.0. The van der Waals surface area contributed by atoms with Crippen molar-refractivity contribution >= 4 is 28.9 Å². The Kier molecular flexibility index (Phi) is 3.71. The maximum atomic E-state index is 11.4. The highest BCUT2D eigenvalue weighted by atomic mass is 35.5. The molecule has 0 amide bonds. The van der Waals surface area contributed by atoms with Gasteiger partial charge in [0.25, 0.3) is 0 Å². The Labute approximate surface area is 107 Å². The number of ether oxygens (including phenoxy) is 1. The molecule has 0 spiro atoms. The topological polar surface area (TPSA) is 52.1 Å². The fourth-order valence-electron chi connectivity index (χ4n) is 1.21. The van der Waals surface area contributed by atoms with Crippen LogP contribution in [-0.2, 0) is 4.74 Å². The van der Waals surface area contributed by atoms with Crippen LogP contribution in [0.15, 0.2) is 23.7 Å². The largest absolute Gasteiger partial charge is 0.461 e. The van der Waals surface area contributed by atoms with Gasteiger partial charge in [0.2, 0.25) is 0 Å². The predicted molar refractivity (Wildman–Crippen MR) is 66.3 cm³/mol. The third-order valence-corrected chi connectivity index (χ3v) is 3.08. The zero-order chi connectivity index (χ0) is 12.3. The van der Waals surface area contributed by atoms with Crippen LogP contribution in [0.2, 0.25) is 5.15 Å². The summed E-state index contributed by atoms with van der Waals surface area (Å²) in [6.07, 6.45) is 1.62. The summed E-state index contributed by atoms with van der Waals surface area (Å²) in [4.78, 5) is 19.6. The van der Waals surface area contributed by atoms with Gasteiger partial charge in [-0.25, -0.2) is 14.8 Å². The molecule has 2 aromatic rings. The zero-order valence-electron chi connectivity index (χ0n) is 9.01. The highest BCUT2D eigenvalue weighted by Gasteiger charge is 2.12. The average molecular weight is 269 g/mol. The van der Waals surface area contributed by atoms with Crippen LogP contribution in [0.4, 0.5) is 0 Å². The van der Waals surface area contributed by atoms with Crippen molar-refractivity contribution in [3.8, 4) is 10.6 Å². The molecule has 17 heavy (non-hydrogen) atoms. The van der Waals surface area contributed by atoms with Gasteiger partial charge in [-0.2, -0.15) is 0 Å². The van der Waals surface area contributed by atoms with E-state index in [1.54, 1.807) is 24.6 Å². The molecule has 0 saturated carbocycles. The van der Waals surface area contributed by atoms with E-state index in [0.29, 0.717) is 17.5 Å². The van der Waals surface area contributed by atoms with E-state index in [1.165, 1.54) is 11.3 Å². The standard InChI is InChI=1S/C11H9ClN2O2S/c1-2-16-11(15)8-6-17-10(14-8)7-3-4-9(12)13-5-7/h3-6H,2H2,1H3. The number of rotatable bonds is 3. The van der Waals surface area contributed by atoms with Gasteiger partial charge in [0.15, 0.2) is 5.69 Å². The Morgan fingerprint density at radius 2 is 2.35 bits per heavy atom. The lowest BCUT2D eigenvalue weighted by molar-refractivity contribution is 0.0520. The molecule has 0 aliphatic rings. The van der Waals surface area contributed by atoms with E-state index >= 15 is 0 Å². The van der Waals surface area contributed by atoms with E-state index in [2.05, 4.69) is 9.97 Å². The SMILES string of the molecule is CCOC(=O)c1csc(-c2ccc(Cl)nc2)n1. The lowest BCUT2D eigenvalue weighted by atomic mass is 10.3. The molecule has 0 bridgehead atoms. The fourth-order valence-corrected chi connectivity index (χ4v) is 2.10. The van der Waals surface area contributed by atoms with Gasteiger partial charge in [-0.15, -0.1) is 11.3 Å². The van der Waals surface area contributed by atoms with E-state index in [9.17, 15) is 4.79 Å². The number of hydrogen-bond acceptors (Lipinski definition) is 5. The molecule has 6 heteroatoms. The molecule has 0 radical (unpaired) electrons. The molecule has 2 aromatic heterocycles. The number of esters is 1. The van der Waals surface area contributed by atoms with Crippen LogP contribution in [0, 0.1) is 0 Å². The minimum atomic E-state index is -0.406. The number of halogens is 1. The Morgan fingerprint density at radius 3 is 3.00 bits per heavy atom. The lowest BCUT2D eigenvalue weighted by Gasteiger charge is -1.97. The minimum Gasteiger partial charge on any atom is -0.461 e. The summed E-state index contributed by atoms with van der Waals surface area (Å²) >= 11 is 7.06. The summed E-state index contributed by atoms with van der Waals surface area (Å²) in [5, 5.41) is 2.82. The maximum Gasteiger partial charge on any atom is 0.357 e. The van der Waals surface area contributed by atoms with Crippen LogP contribution in [0.3, 0.4) is 0 Å². The third kappa shape index (κ3) is 2.81. The fraction of sp³-hybridized carbons (Fsp3) is 0.182. The van der Waals surface area contributed by atoms with Crippen molar-refractivity contribution in [2.45, 2.75) is 6.92 Å². The first-order valence-corrected chi connectivity index (χ1v) is 6.21. The molecule has 0 saturated heterocycles. The number of nitrogens with zero attached hydrogens (tertiary/aromatic N) is 2. The molecule has 0 aliphatic heterocycles. The van der Waals surface area contributed by atoms with Gasteiger partial charge in [-0.3, -0.25) is 0 Å².